The van der Waals surface area contributed by atoms with Crippen LogP contribution >= 0.6 is 0 Å². The van der Waals surface area contributed by atoms with Gasteiger partial charge in [0.25, 0.3) is 5.91 Å². The molecule has 6 heteroatoms. The summed E-state index contributed by atoms with van der Waals surface area (Å²) in [6.07, 6.45) is 4.27. The van der Waals surface area contributed by atoms with E-state index in [1.165, 1.54) is 7.11 Å². The lowest BCUT2D eigenvalue weighted by molar-refractivity contribution is -0.124. The molecular weight excluding hydrogens is 296 g/mol. The Morgan fingerprint density at radius 1 is 1.26 bits per heavy atom. The summed E-state index contributed by atoms with van der Waals surface area (Å²) in [6.45, 7) is -0.253. The average Bonchev–Trinajstić information content (AvgIpc) is 2.60. The van der Waals surface area contributed by atoms with Crippen LogP contribution in [-0.2, 0) is 9.53 Å². The van der Waals surface area contributed by atoms with Crippen molar-refractivity contribution in [2.45, 2.75) is 37.6 Å². The van der Waals surface area contributed by atoms with E-state index in [0.29, 0.717) is 12.8 Å². The van der Waals surface area contributed by atoms with Gasteiger partial charge in [0, 0.05) is 0 Å². The molecule has 1 N–H and O–H groups in total. The van der Waals surface area contributed by atoms with Crippen LogP contribution in [0.25, 0.3) is 0 Å². The average molecular weight is 316 g/mol. The molecule has 0 aromatic heterocycles. The number of rotatable bonds is 5. The summed E-state index contributed by atoms with van der Waals surface area (Å²) in [5, 5.41) is 12.1. The molecule has 1 saturated carbocycles. The fourth-order valence-electron chi connectivity index (χ4n) is 2.74. The number of benzene rings is 1. The number of carbonyl (C=O) groups excluding carboxylic acids is 2. The fraction of sp³-hybridized carbons (Fsp3) is 0.471. The largest absolute Gasteiger partial charge is 0.483 e. The van der Waals surface area contributed by atoms with Gasteiger partial charge >= 0.3 is 5.97 Å². The van der Waals surface area contributed by atoms with Gasteiger partial charge in [0.2, 0.25) is 0 Å². The number of hydrogen-bond donors (Lipinski definition) is 1. The highest BCUT2D eigenvalue weighted by atomic mass is 16.5. The van der Waals surface area contributed by atoms with Gasteiger partial charge in [-0.3, -0.25) is 4.79 Å². The molecule has 0 spiro atoms. The fourth-order valence-corrected chi connectivity index (χ4v) is 2.74. The maximum absolute atomic E-state index is 12.1. The number of hydrogen-bond acceptors (Lipinski definition) is 5. The minimum Gasteiger partial charge on any atom is -0.483 e. The van der Waals surface area contributed by atoms with E-state index in [1.54, 1.807) is 24.3 Å². The number of para-hydroxylation sites is 1. The lowest BCUT2D eigenvalue weighted by Crippen LogP contribution is -2.50. The van der Waals surface area contributed by atoms with Crippen molar-refractivity contribution in [2.24, 2.45) is 0 Å². The monoisotopic (exact) mass is 316 g/mol. The number of amides is 1. The van der Waals surface area contributed by atoms with E-state index in [2.05, 4.69) is 16.1 Å². The Balaban J connectivity index is 1.97. The molecule has 23 heavy (non-hydrogen) atoms. The molecule has 1 aliphatic carbocycles. The summed E-state index contributed by atoms with van der Waals surface area (Å²) in [5.74, 6) is -0.612. The predicted molar refractivity (Wildman–Crippen MR) is 82.8 cm³/mol. The van der Waals surface area contributed by atoms with Crippen LogP contribution in [0.15, 0.2) is 24.3 Å². The molecule has 1 amide bonds. The first kappa shape index (κ1) is 16.8. The highest BCUT2D eigenvalue weighted by Crippen LogP contribution is 2.27. The van der Waals surface area contributed by atoms with Crippen molar-refractivity contribution in [3.63, 3.8) is 0 Å². The molecule has 0 bridgehead atoms. The Morgan fingerprint density at radius 3 is 2.61 bits per heavy atom. The van der Waals surface area contributed by atoms with Gasteiger partial charge in [-0.25, -0.2) is 4.79 Å². The number of ether oxygens (including phenoxy) is 2. The molecule has 1 aromatic carbocycles. The van der Waals surface area contributed by atoms with Gasteiger partial charge in [0.1, 0.15) is 16.9 Å². The van der Waals surface area contributed by atoms with Crippen molar-refractivity contribution in [3.05, 3.63) is 29.8 Å². The van der Waals surface area contributed by atoms with Crippen molar-refractivity contribution in [1.29, 1.82) is 5.26 Å². The smallest absolute Gasteiger partial charge is 0.341 e. The van der Waals surface area contributed by atoms with E-state index in [-0.39, 0.29) is 23.8 Å². The molecule has 1 aromatic rings. The Morgan fingerprint density at radius 2 is 1.96 bits per heavy atom. The second kappa shape index (κ2) is 7.63. The van der Waals surface area contributed by atoms with Crippen LogP contribution in [0.3, 0.4) is 0 Å². The number of nitrogens with zero attached hydrogens (tertiary/aromatic N) is 1. The van der Waals surface area contributed by atoms with Crippen molar-refractivity contribution < 1.29 is 19.1 Å². The van der Waals surface area contributed by atoms with Gasteiger partial charge in [-0.05, 0) is 25.0 Å². The molecule has 0 aliphatic heterocycles. The van der Waals surface area contributed by atoms with Gasteiger partial charge in [-0.15, -0.1) is 0 Å². The van der Waals surface area contributed by atoms with Gasteiger partial charge in [-0.2, -0.15) is 5.26 Å². The molecule has 2 rings (SSSR count). The lowest BCUT2D eigenvalue weighted by Gasteiger charge is -2.31. The van der Waals surface area contributed by atoms with Crippen LogP contribution in [0.2, 0.25) is 0 Å². The van der Waals surface area contributed by atoms with E-state index in [9.17, 15) is 14.9 Å². The SMILES string of the molecule is COC(=O)c1ccccc1OCC(=O)NC1(C#N)CCCCC1. The Bertz CT molecular complexity index is 615. The molecule has 0 heterocycles. The molecule has 1 fully saturated rings. The number of nitrogens with one attached hydrogen (secondary N) is 1. The van der Waals surface area contributed by atoms with Gasteiger partial charge in [-0.1, -0.05) is 31.4 Å². The van der Waals surface area contributed by atoms with E-state index >= 15 is 0 Å². The molecule has 6 nitrogen and oxygen atoms in total. The third-order valence-corrected chi connectivity index (χ3v) is 3.95. The lowest BCUT2D eigenvalue weighted by atomic mass is 9.83. The maximum Gasteiger partial charge on any atom is 0.341 e. The minimum absolute atomic E-state index is 0.253. The van der Waals surface area contributed by atoms with Crippen LogP contribution in [0.1, 0.15) is 42.5 Å². The second-order valence-electron chi connectivity index (χ2n) is 5.58. The third-order valence-electron chi connectivity index (χ3n) is 3.95. The topological polar surface area (TPSA) is 88.4 Å². The number of nitriles is 1. The van der Waals surface area contributed by atoms with Gasteiger partial charge in [0.15, 0.2) is 6.61 Å². The standard InChI is InChI=1S/C17H20N2O4/c1-22-16(21)13-7-3-4-8-14(13)23-11-15(20)19-17(12-18)9-5-2-6-10-17/h3-4,7-8H,2,5-6,9-11H2,1H3,(H,19,20). The normalized spacial score (nSPS) is 16.0. The third kappa shape index (κ3) is 4.22. The molecule has 0 saturated heterocycles. The van der Waals surface area contributed by atoms with Crippen LogP contribution in [0, 0.1) is 11.3 Å². The van der Waals surface area contributed by atoms with E-state index in [4.69, 9.17) is 4.74 Å². The van der Waals surface area contributed by atoms with Crippen LogP contribution in [0.4, 0.5) is 0 Å². The first-order chi connectivity index (χ1) is 11.1. The summed E-state index contributed by atoms with van der Waals surface area (Å²) in [7, 11) is 1.28. The highest BCUT2D eigenvalue weighted by Gasteiger charge is 2.33. The Labute approximate surface area is 135 Å². The molecule has 0 atom stereocenters. The summed E-state index contributed by atoms with van der Waals surface area (Å²) in [6, 6.07) is 8.78. The number of carbonyl (C=O) groups is 2. The first-order valence-electron chi connectivity index (χ1n) is 7.63. The van der Waals surface area contributed by atoms with Crippen molar-refractivity contribution in [3.8, 4) is 11.8 Å². The van der Waals surface area contributed by atoms with Crippen molar-refractivity contribution in [1.82, 2.24) is 5.32 Å². The second-order valence-corrected chi connectivity index (χ2v) is 5.58. The predicted octanol–water partition coefficient (Wildman–Crippen LogP) is 2.19. The molecule has 0 unspecified atom stereocenters. The Hall–Kier alpha value is -2.55. The van der Waals surface area contributed by atoms with E-state index in [1.807, 2.05) is 0 Å². The van der Waals surface area contributed by atoms with E-state index in [0.717, 1.165) is 19.3 Å². The molecule has 0 radical (unpaired) electrons. The summed E-state index contributed by atoms with van der Waals surface area (Å²) in [4.78, 5) is 23.7. The Kier molecular flexibility index (Phi) is 5.58. The number of esters is 1. The van der Waals surface area contributed by atoms with Crippen LogP contribution in [-0.4, -0.2) is 31.1 Å². The van der Waals surface area contributed by atoms with Gasteiger partial charge < -0.3 is 14.8 Å². The van der Waals surface area contributed by atoms with Crippen LogP contribution < -0.4 is 10.1 Å². The zero-order valence-electron chi connectivity index (χ0n) is 13.1. The maximum atomic E-state index is 12.1. The van der Waals surface area contributed by atoms with Crippen LogP contribution in [0.5, 0.6) is 5.75 Å². The zero-order valence-corrected chi connectivity index (χ0v) is 13.1. The van der Waals surface area contributed by atoms with Crippen molar-refractivity contribution >= 4 is 11.9 Å². The first-order valence-corrected chi connectivity index (χ1v) is 7.63. The van der Waals surface area contributed by atoms with Crippen molar-refractivity contribution in [2.75, 3.05) is 13.7 Å². The minimum atomic E-state index is -0.791. The zero-order chi connectivity index (χ0) is 16.7. The summed E-state index contributed by atoms with van der Waals surface area (Å²) < 4.78 is 10.1. The highest BCUT2D eigenvalue weighted by molar-refractivity contribution is 5.92. The molecular formula is C17H20N2O4. The van der Waals surface area contributed by atoms with Gasteiger partial charge in [0.05, 0.1) is 13.2 Å². The quantitative estimate of drug-likeness (QED) is 0.841. The molecule has 1 aliphatic rings. The van der Waals surface area contributed by atoms with E-state index < -0.39 is 11.5 Å². The summed E-state index contributed by atoms with van der Waals surface area (Å²) in [5.41, 5.74) is -0.531. The molecule has 122 valence electrons. The summed E-state index contributed by atoms with van der Waals surface area (Å²) >= 11 is 0. The number of methoxy groups -OCH3 is 1.